The van der Waals surface area contributed by atoms with Gasteiger partial charge in [0.25, 0.3) is 0 Å². The molecule has 0 N–H and O–H groups in total. The highest BCUT2D eigenvalue weighted by Crippen LogP contribution is 2.45. The molecule has 0 saturated carbocycles. The van der Waals surface area contributed by atoms with Crippen LogP contribution in [0.3, 0.4) is 0 Å². The van der Waals surface area contributed by atoms with Gasteiger partial charge in [-0.3, -0.25) is 0 Å². The molecule has 0 spiro atoms. The van der Waals surface area contributed by atoms with Gasteiger partial charge < -0.3 is 0 Å². The lowest BCUT2D eigenvalue weighted by atomic mass is 10.1. The minimum atomic E-state index is -0.814. The third-order valence-electron chi connectivity index (χ3n) is 3.43. The van der Waals surface area contributed by atoms with Crippen molar-refractivity contribution in [1.29, 1.82) is 0 Å². The standard InChI is InChI=1S/C10H22S2Si/c1-5-13(6-2)7-10(9(3)4)12-11-8-13/h9-10H,5-8H2,1-4H3. The summed E-state index contributed by atoms with van der Waals surface area (Å²) in [7, 11) is 3.51. The number of rotatable bonds is 3. The van der Waals surface area contributed by atoms with Gasteiger partial charge in [0.15, 0.2) is 0 Å². The molecule has 1 aliphatic rings. The van der Waals surface area contributed by atoms with E-state index in [-0.39, 0.29) is 0 Å². The van der Waals surface area contributed by atoms with E-state index in [0.717, 1.165) is 11.2 Å². The highest BCUT2D eigenvalue weighted by molar-refractivity contribution is 8.77. The molecule has 1 atom stereocenters. The fourth-order valence-electron chi connectivity index (χ4n) is 1.86. The maximum absolute atomic E-state index is 2.42. The lowest BCUT2D eigenvalue weighted by Gasteiger charge is -2.38. The molecule has 0 bridgehead atoms. The summed E-state index contributed by atoms with van der Waals surface area (Å²) in [5.41, 5.74) is 0. The number of hydrogen-bond donors (Lipinski definition) is 0. The Morgan fingerprint density at radius 1 is 1.31 bits per heavy atom. The Hall–Kier alpha value is 0.917. The third kappa shape index (κ3) is 2.93. The zero-order chi connectivity index (χ0) is 9.90. The Bertz CT molecular complexity index is 155. The average molecular weight is 235 g/mol. The Morgan fingerprint density at radius 2 is 1.92 bits per heavy atom. The molecule has 1 fully saturated rings. The lowest BCUT2D eigenvalue weighted by molar-refractivity contribution is 0.636. The minimum absolute atomic E-state index is 0.814. The Balaban J connectivity index is 2.58. The molecular formula is C10H22S2Si. The van der Waals surface area contributed by atoms with Crippen molar-refractivity contribution in [2.75, 3.05) is 5.38 Å². The van der Waals surface area contributed by atoms with E-state index in [1.54, 1.807) is 6.04 Å². The van der Waals surface area contributed by atoms with Gasteiger partial charge in [-0.1, -0.05) is 61.4 Å². The zero-order valence-electron chi connectivity index (χ0n) is 9.30. The first-order valence-corrected chi connectivity index (χ1v) is 10.6. The van der Waals surface area contributed by atoms with Gasteiger partial charge in [-0.2, -0.15) is 0 Å². The maximum Gasteiger partial charge on any atom is 0.0656 e. The molecule has 0 aromatic carbocycles. The Morgan fingerprint density at radius 3 is 2.38 bits per heavy atom. The second-order valence-electron chi connectivity index (χ2n) is 4.55. The van der Waals surface area contributed by atoms with Crippen molar-refractivity contribution in [3.8, 4) is 0 Å². The van der Waals surface area contributed by atoms with Crippen LogP contribution in [0.5, 0.6) is 0 Å². The van der Waals surface area contributed by atoms with Gasteiger partial charge in [-0.25, -0.2) is 0 Å². The third-order valence-corrected chi connectivity index (χ3v) is 14.3. The van der Waals surface area contributed by atoms with Crippen LogP contribution in [-0.2, 0) is 0 Å². The molecule has 0 amide bonds. The van der Waals surface area contributed by atoms with Crippen molar-refractivity contribution in [2.45, 2.75) is 51.1 Å². The minimum Gasteiger partial charge on any atom is -0.0969 e. The quantitative estimate of drug-likeness (QED) is 0.523. The van der Waals surface area contributed by atoms with Gasteiger partial charge >= 0.3 is 0 Å². The monoisotopic (exact) mass is 234 g/mol. The molecule has 78 valence electrons. The number of hydrogen-bond acceptors (Lipinski definition) is 2. The zero-order valence-corrected chi connectivity index (χ0v) is 11.9. The highest BCUT2D eigenvalue weighted by atomic mass is 33.1. The summed E-state index contributed by atoms with van der Waals surface area (Å²) in [6.45, 7) is 9.61. The molecule has 1 unspecified atom stereocenters. The molecule has 1 aliphatic heterocycles. The average Bonchev–Trinajstić information content (AvgIpc) is 2.18. The van der Waals surface area contributed by atoms with Gasteiger partial charge in [-0.05, 0) is 17.3 Å². The molecule has 0 aromatic rings. The molecule has 3 heteroatoms. The van der Waals surface area contributed by atoms with Crippen molar-refractivity contribution >= 4 is 29.7 Å². The molecule has 0 aromatic heterocycles. The van der Waals surface area contributed by atoms with Crippen LogP contribution in [0, 0.1) is 5.92 Å². The van der Waals surface area contributed by atoms with Crippen molar-refractivity contribution in [3.63, 3.8) is 0 Å². The highest BCUT2D eigenvalue weighted by Gasteiger charge is 2.37. The summed E-state index contributed by atoms with van der Waals surface area (Å²) < 4.78 is 0. The van der Waals surface area contributed by atoms with Gasteiger partial charge in [0.05, 0.1) is 8.07 Å². The lowest BCUT2D eigenvalue weighted by Crippen LogP contribution is -2.42. The normalized spacial score (nSPS) is 27.9. The summed E-state index contributed by atoms with van der Waals surface area (Å²) in [6, 6.07) is 4.58. The van der Waals surface area contributed by atoms with Crippen LogP contribution in [0.15, 0.2) is 0 Å². The fraction of sp³-hybridized carbons (Fsp3) is 1.00. The van der Waals surface area contributed by atoms with Crippen LogP contribution in [-0.4, -0.2) is 18.7 Å². The van der Waals surface area contributed by atoms with Gasteiger partial charge in [0.1, 0.15) is 0 Å². The largest absolute Gasteiger partial charge is 0.0969 e. The summed E-state index contributed by atoms with van der Waals surface area (Å²) in [5, 5.41) is 2.46. The molecule has 0 aliphatic carbocycles. The van der Waals surface area contributed by atoms with E-state index in [4.69, 9.17) is 0 Å². The summed E-state index contributed by atoms with van der Waals surface area (Å²) in [5.74, 6) is 0.878. The maximum atomic E-state index is 2.42. The van der Waals surface area contributed by atoms with Crippen LogP contribution >= 0.6 is 21.6 Å². The van der Waals surface area contributed by atoms with E-state index in [1.165, 1.54) is 17.5 Å². The van der Waals surface area contributed by atoms with Gasteiger partial charge in [-0.15, -0.1) is 0 Å². The van der Waals surface area contributed by atoms with Crippen molar-refractivity contribution < 1.29 is 0 Å². The summed E-state index contributed by atoms with van der Waals surface area (Å²) in [4.78, 5) is 0. The van der Waals surface area contributed by atoms with Gasteiger partial charge in [0, 0.05) is 5.25 Å². The molecule has 0 nitrogen and oxygen atoms in total. The predicted molar refractivity (Wildman–Crippen MR) is 70.2 cm³/mol. The van der Waals surface area contributed by atoms with Crippen LogP contribution in [0.4, 0.5) is 0 Å². The fourth-order valence-corrected chi connectivity index (χ4v) is 14.0. The van der Waals surface area contributed by atoms with E-state index >= 15 is 0 Å². The Labute approximate surface area is 92.0 Å². The second-order valence-corrected chi connectivity index (χ2v) is 12.8. The SMILES string of the molecule is CC[Si]1(CC)CSSC(C(C)C)C1. The molecule has 0 radical (unpaired) electrons. The van der Waals surface area contributed by atoms with Crippen molar-refractivity contribution in [2.24, 2.45) is 5.92 Å². The topological polar surface area (TPSA) is 0 Å². The molecular weight excluding hydrogens is 212 g/mol. The van der Waals surface area contributed by atoms with Crippen LogP contribution in [0.2, 0.25) is 18.1 Å². The Kier molecular flexibility index (Phi) is 4.73. The van der Waals surface area contributed by atoms with E-state index in [1.807, 2.05) is 0 Å². The first-order chi connectivity index (χ1) is 6.13. The molecule has 1 saturated heterocycles. The van der Waals surface area contributed by atoms with E-state index in [9.17, 15) is 0 Å². The van der Waals surface area contributed by atoms with E-state index in [2.05, 4.69) is 49.3 Å². The van der Waals surface area contributed by atoms with Gasteiger partial charge in [0.2, 0.25) is 0 Å². The van der Waals surface area contributed by atoms with Crippen LogP contribution in [0.25, 0.3) is 0 Å². The predicted octanol–water partition coefficient (Wildman–Crippen LogP) is 4.43. The smallest absolute Gasteiger partial charge is 0.0656 e. The summed E-state index contributed by atoms with van der Waals surface area (Å²) >= 11 is 0. The second kappa shape index (κ2) is 5.13. The van der Waals surface area contributed by atoms with Crippen LogP contribution in [0.1, 0.15) is 27.7 Å². The van der Waals surface area contributed by atoms with Crippen LogP contribution < -0.4 is 0 Å². The van der Waals surface area contributed by atoms with E-state index < -0.39 is 8.07 Å². The first-order valence-electron chi connectivity index (χ1n) is 5.42. The van der Waals surface area contributed by atoms with Crippen molar-refractivity contribution in [1.82, 2.24) is 0 Å². The first kappa shape index (κ1) is 12.0. The molecule has 13 heavy (non-hydrogen) atoms. The molecule has 1 rings (SSSR count). The van der Waals surface area contributed by atoms with Crippen molar-refractivity contribution in [3.05, 3.63) is 0 Å². The van der Waals surface area contributed by atoms with E-state index in [0.29, 0.717) is 0 Å². The molecule has 1 heterocycles. The summed E-state index contributed by atoms with van der Waals surface area (Å²) in [6.07, 6.45) is 0.